The van der Waals surface area contributed by atoms with Crippen LogP contribution in [-0.4, -0.2) is 43.0 Å². The zero-order valence-corrected chi connectivity index (χ0v) is 15.2. The van der Waals surface area contributed by atoms with Crippen molar-refractivity contribution < 1.29 is 18.7 Å². The molecule has 1 N–H and O–H groups in total. The number of furan rings is 1. The highest BCUT2D eigenvalue weighted by atomic mass is 16.5. The normalized spacial score (nSPS) is 26.4. The minimum Gasteiger partial charge on any atom is -0.465 e. The summed E-state index contributed by atoms with van der Waals surface area (Å²) in [6.45, 7) is 3.35. The number of carbonyl (C=O) groups is 2. The van der Waals surface area contributed by atoms with Gasteiger partial charge in [0, 0.05) is 26.1 Å². The van der Waals surface area contributed by atoms with Crippen LogP contribution < -0.4 is 5.32 Å². The van der Waals surface area contributed by atoms with E-state index in [1.54, 1.807) is 7.11 Å². The first kappa shape index (κ1) is 18.0. The molecule has 1 saturated heterocycles. The predicted octanol–water partition coefficient (Wildman–Crippen LogP) is 2.40. The van der Waals surface area contributed by atoms with Crippen molar-refractivity contribution in [2.24, 2.45) is 5.41 Å². The molecule has 138 valence electrons. The van der Waals surface area contributed by atoms with Gasteiger partial charge in [0.2, 0.25) is 11.8 Å². The van der Waals surface area contributed by atoms with Crippen LogP contribution in [0.2, 0.25) is 0 Å². The standard InChI is InChI=1S/C19H28N2O4/c1-14-6-7-15(25-14)13-20-18(23)19-9-4-3-5-16(19)21(11-12-24-2)17(22)8-10-19/h6-7,16H,3-5,8-13H2,1-2H3,(H,20,23)/t16-,19-/m1/s1. The van der Waals surface area contributed by atoms with E-state index in [2.05, 4.69) is 5.32 Å². The molecule has 6 heteroatoms. The van der Waals surface area contributed by atoms with Gasteiger partial charge < -0.3 is 19.4 Å². The number of nitrogens with one attached hydrogen (secondary N) is 1. The first-order valence-electron chi connectivity index (χ1n) is 9.19. The summed E-state index contributed by atoms with van der Waals surface area (Å²) in [7, 11) is 1.64. The first-order valence-corrected chi connectivity index (χ1v) is 9.19. The number of fused-ring (bicyclic) bond motifs is 1. The molecule has 0 bridgehead atoms. The molecule has 0 aromatic carbocycles. The molecule has 3 rings (SSSR count). The Morgan fingerprint density at radius 3 is 2.96 bits per heavy atom. The molecule has 2 aliphatic rings. The second-order valence-electron chi connectivity index (χ2n) is 7.19. The third-order valence-electron chi connectivity index (χ3n) is 5.68. The predicted molar refractivity (Wildman–Crippen MR) is 92.8 cm³/mol. The van der Waals surface area contributed by atoms with Crippen molar-refractivity contribution in [3.63, 3.8) is 0 Å². The van der Waals surface area contributed by atoms with Gasteiger partial charge in [0.05, 0.1) is 18.6 Å². The number of aryl methyl sites for hydroxylation is 1. The molecule has 2 atom stereocenters. The second kappa shape index (κ2) is 7.60. The summed E-state index contributed by atoms with van der Waals surface area (Å²) < 4.78 is 10.7. The second-order valence-corrected chi connectivity index (χ2v) is 7.19. The van der Waals surface area contributed by atoms with E-state index in [0.717, 1.165) is 37.2 Å². The quantitative estimate of drug-likeness (QED) is 0.857. The van der Waals surface area contributed by atoms with E-state index in [9.17, 15) is 9.59 Å². The highest BCUT2D eigenvalue weighted by Gasteiger charge is 2.52. The Morgan fingerprint density at radius 1 is 1.40 bits per heavy atom. The van der Waals surface area contributed by atoms with E-state index in [1.165, 1.54) is 0 Å². The van der Waals surface area contributed by atoms with Crippen LogP contribution in [0.15, 0.2) is 16.5 Å². The summed E-state index contributed by atoms with van der Waals surface area (Å²) >= 11 is 0. The van der Waals surface area contributed by atoms with Crippen molar-refractivity contribution in [1.82, 2.24) is 10.2 Å². The minimum atomic E-state index is -0.471. The summed E-state index contributed by atoms with van der Waals surface area (Å²) in [5.74, 6) is 1.81. The van der Waals surface area contributed by atoms with Gasteiger partial charge in [-0.1, -0.05) is 12.8 Å². The van der Waals surface area contributed by atoms with Crippen LogP contribution in [0.1, 0.15) is 50.0 Å². The molecule has 0 unspecified atom stereocenters. The van der Waals surface area contributed by atoms with Gasteiger partial charge >= 0.3 is 0 Å². The molecule has 1 aromatic heterocycles. The fourth-order valence-electron chi connectivity index (χ4n) is 4.39. The zero-order valence-electron chi connectivity index (χ0n) is 15.2. The van der Waals surface area contributed by atoms with Crippen LogP contribution in [0, 0.1) is 12.3 Å². The number of carbonyl (C=O) groups excluding carboxylic acids is 2. The van der Waals surface area contributed by atoms with E-state index in [4.69, 9.17) is 9.15 Å². The van der Waals surface area contributed by atoms with E-state index in [1.807, 2.05) is 24.0 Å². The molecule has 1 saturated carbocycles. The summed E-state index contributed by atoms with van der Waals surface area (Å²) in [4.78, 5) is 27.5. The molecule has 2 heterocycles. The average molecular weight is 348 g/mol. The van der Waals surface area contributed by atoms with Gasteiger partial charge in [-0.25, -0.2) is 0 Å². The summed E-state index contributed by atoms with van der Waals surface area (Å²) in [5.41, 5.74) is -0.471. The summed E-state index contributed by atoms with van der Waals surface area (Å²) in [5, 5.41) is 3.06. The van der Waals surface area contributed by atoms with E-state index >= 15 is 0 Å². The molecule has 25 heavy (non-hydrogen) atoms. The van der Waals surface area contributed by atoms with Crippen molar-refractivity contribution in [2.45, 2.75) is 58.0 Å². The van der Waals surface area contributed by atoms with Gasteiger partial charge in [0.1, 0.15) is 11.5 Å². The molecule has 1 aromatic rings. The van der Waals surface area contributed by atoms with Crippen LogP contribution >= 0.6 is 0 Å². The fraction of sp³-hybridized carbons (Fsp3) is 0.684. The number of piperidine rings is 1. The molecule has 1 aliphatic heterocycles. The number of amides is 2. The minimum absolute atomic E-state index is 0.0176. The first-order chi connectivity index (χ1) is 12.1. The van der Waals surface area contributed by atoms with Crippen LogP contribution in [0.25, 0.3) is 0 Å². The lowest BCUT2D eigenvalue weighted by atomic mass is 9.64. The maximum Gasteiger partial charge on any atom is 0.228 e. The average Bonchev–Trinajstić information content (AvgIpc) is 3.04. The molecular weight excluding hydrogens is 320 g/mol. The third-order valence-corrected chi connectivity index (χ3v) is 5.68. The van der Waals surface area contributed by atoms with Gasteiger partial charge in [-0.3, -0.25) is 9.59 Å². The summed E-state index contributed by atoms with van der Waals surface area (Å²) in [6, 6.07) is 3.77. The van der Waals surface area contributed by atoms with Crippen LogP contribution in [-0.2, 0) is 20.9 Å². The van der Waals surface area contributed by atoms with E-state index < -0.39 is 5.41 Å². The largest absolute Gasteiger partial charge is 0.465 e. The number of likely N-dealkylation sites (tertiary alicyclic amines) is 1. The molecular formula is C19H28N2O4. The topological polar surface area (TPSA) is 71.8 Å². The smallest absolute Gasteiger partial charge is 0.228 e. The number of ether oxygens (including phenoxy) is 1. The Labute approximate surface area is 148 Å². The molecule has 0 radical (unpaired) electrons. The number of hydrogen-bond donors (Lipinski definition) is 1. The van der Waals surface area contributed by atoms with Crippen molar-refractivity contribution in [3.05, 3.63) is 23.7 Å². The zero-order chi connectivity index (χ0) is 17.9. The van der Waals surface area contributed by atoms with Crippen molar-refractivity contribution in [2.75, 3.05) is 20.3 Å². The molecule has 1 aliphatic carbocycles. The highest BCUT2D eigenvalue weighted by Crippen LogP contribution is 2.46. The van der Waals surface area contributed by atoms with Crippen LogP contribution in [0.3, 0.4) is 0 Å². The molecule has 2 amide bonds. The highest BCUT2D eigenvalue weighted by molar-refractivity contribution is 5.88. The number of hydrogen-bond acceptors (Lipinski definition) is 4. The van der Waals surface area contributed by atoms with Gasteiger partial charge in [0.25, 0.3) is 0 Å². The molecule has 0 spiro atoms. The van der Waals surface area contributed by atoms with Crippen molar-refractivity contribution in [3.8, 4) is 0 Å². The maximum absolute atomic E-state index is 13.1. The molecule has 6 nitrogen and oxygen atoms in total. The Bertz CT molecular complexity index is 627. The molecule has 2 fully saturated rings. The maximum atomic E-state index is 13.1. The lowest BCUT2D eigenvalue weighted by molar-refractivity contribution is -0.156. The van der Waals surface area contributed by atoms with E-state index in [-0.39, 0.29) is 17.9 Å². The summed E-state index contributed by atoms with van der Waals surface area (Å²) in [6.07, 6.45) is 4.92. The lowest BCUT2D eigenvalue weighted by Crippen LogP contribution is -2.62. The van der Waals surface area contributed by atoms with Crippen LogP contribution in [0.5, 0.6) is 0 Å². The Morgan fingerprint density at radius 2 is 2.24 bits per heavy atom. The van der Waals surface area contributed by atoms with Gasteiger partial charge in [-0.05, 0) is 38.3 Å². The number of rotatable bonds is 6. The fourth-order valence-corrected chi connectivity index (χ4v) is 4.39. The SMILES string of the molecule is COCCN1C(=O)CC[C@]2(C(=O)NCc3ccc(C)o3)CCCC[C@@H]12. The number of nitrogens with zero attached hydrogens (tertiary/aromatic N) is 1. The Hall–Kier alpha value is -1.82. The Kier molecular flexibility index (Phi) is 5.47. The van der Waals surface area contributed by atoms with Gasteiger partial charge in [-0.2, -0.15) is 0 Å². The van der Waals surface area contributed by atoms with Gasteiger partial charge in [-0.15, -0.1) is 0 Å². The van der Waals surface area contributed by atoms with Crippen molar-refractivity contribution in [1.29, 1.82) is 0 Å². The van der Waals surface area contributed by atoms with Crippen LogP contribution in [0.4, 0.5) is 0 Å². The Balaban J connectivity index is 1.75. The van der Waals surface area contributed by atoms with Crippen molar-refractivity contribution >= 4 is 11.8 Å². The number of methoxy groups -OCH3 is 1. The monoisotopic (exact) mass is 348 g/mol. The van der Waals surface area contributed by atoms with E-state index in [0.29, 0.717) is 32.5 Å². The van der Waals surface area contributed by atoms with Gasteiger partial charge in [0.15, 0.2) is 0 Å². The lowest BCUT2D eigenvalue weighted by Gasteiger charge is -2.51. The third kappa shape index (κ3) is 3.59.